The highest BCUT2D eigenvalue weighted by atomic mass is 16.5. The van der Waals surface area contributed by atoms with Crippen LogP contribution in [-0.2, 0) is 6.42 Å². The zero-order valence-electron chi connectivity index (χ0n) is 10.7. The van der Waals surface area contributed by atoms with Gasteiger partial charge in [0.05, 0.1) is 13.2 Å². The molecule has 5 nitrogen and oxygen atoms in total. The van der Waals surface area contributed by atoms with Gasteiger partial charge in [-0.25, -0.2) is 4.98 Å². The highest BCUT2D eigenvalue weighted by molar-refractivity contribution is 5.34. The van der Waals surface area contributed by atoms with Crippen molar-refractivity contribution in [2.45, 2.75) is 19.4 Å². The van der Waals surface area contributed by atoms with Crippen LogP contribution in [0.2, 0.25) is 0 Å². The van der Waals surface area contributed by atoms with Gasteiger partial charge in [-0.2, -0.15) is 5.10 Å². The molecule has 0 spiro atoms. The first kappa shape index (κ1) is 12.6. The number of aromatic nitrogens is 3. The summed E-state index contributed by atoms with van der Waals surface area (Å²) in [5.74, 6) is 1.75. The van der Waals surface area contributed by atoms with Gasteiger partial charge in [-0.05, 0) is 24.6 Å². The van der Waals surface area contributed by atoms with E-state index >= 15 is 0 Å². The van der Waals surface area contributed by atoms with Gasteiger partial charge < -0.3 is 10.1 Å². The van der Waals surface area contributed by atoms with Crippen LogP contribution in [0.4, 0.5) is 0 Å². The molecule has 0 radical (unpaired) electrons. The van der Waals surface area contributed by atoms with Gasteiger partial charge in [-0.1, -0.05) is 25.1 Å². The van der Waals surface area contributed by atoms with Crippen LogP contribution in [0.5, 0.6) is 5.75 Å². The van der Waals surface area contributed by atoms with Gasteiger partial charge in [0.2, 0.25) is 0 Å². The number of methoxy groups -OCH3 is 1. The SMILES string of the molecule is CCNC(Cc1ccccc1OC)c1ncn[nH]1. The zero-order chi connectivity index (χ0) is 12.8. The summed E-state index contributed by atoms with van der Waals surface area (Å²) in [6.07, 6.45) is 2.34. The van der Waals surface area contributed by atoms with E-state index in [9.17, 15) is 0 Å². The van der Waals surface area contributed by atoms with Crippen molar-refractivity contribution in [3.05, 3.63) is 42.0 Å². The fraction of sp³-hybridized carbons (Fsp3) is 0.385. The Morgan fingerprint density at radius 2 is 2.22 bits per heavy atom. The van der Waals surface area contributed by atoms with Gasteiger partial charge in [-0.3, -0.25) is 5.10 Å². The number of rotatable bonds is 6. The van der Waals surface area contributed by atoms with Crippen LogP contribution in [0.25, 0.3) is 0 Å². The third-order valence-electron chi connectivity index (χ3n) is 2.83. The fourth-order valence-electron chi connectivity index (χ4n) is 1.99. The van der Waals surface area contributed by atoms with Crippen molar-refractivity contribution in [1.29, 1.82) is 0 Å². The Morgan fingerprint density at radius 3 is 2.89 bits per heavy atom. The smallest absolute Gasteiger partial charge is 0.141 e. The van der Waals surface area contributed by atoms with Gasteiger partial charge in [-0.15, -0.1) is 0 Å². The Kier molecular flexibility index (Phi) is 4.30. The molecule has 0 saturated carbocycles. The molecule has 0 saturated heterocycles. The summed E-state index contributed by atoms with van der Waals surface area (Å²) < 4.78 is 5.37. The van der Waals surface area contributed by atoms with Crippen LogP contribution in [0, 0.1) is 0 Å². The summed E-state index contributed by atoms with van der Waals surface area (Å²) in [5.41, 5.74) is 1.15. The number of likely N-dealkylation sites (N-methyl/N-ethyl adjacent to an activating group) is 1. The van der Waals surface area contributed by atoms with Crippen LogP contribution >= 0.6 is 0 Å². The van der Waals surface area contributed by atoms with Crippen LogP contribution < -0.4 is 10.1 Å². The maximum Gasteiger partial charge on any atom is 0.141 e. The molecule has 2 aromatic rings. The number of ether oxygens (including phenoxy) is 1. The third kappa shape index (κ3) is 2.87. The normalized spacial score (nSPS) is 12.3. The van der Waals surface area contributed by atoms with E-state index in [1.807, 2.05) is 18.2 Å². The largest absolute Gasteiger partial charge is 0.496 e. The number of benzene rings is 1. The maximum absolute atomic E-state index is 5.37. The summed E-state index contributed by atoms with van der Waals surface area (Å²) in [6, 6.07) is 8.15. The molecule has 5 heteroatoms. The number of H-pyrrole nitrogens is 1. The lowest BCUT2D eigenvalue weighted by Crippen LogP contribution is -2.24. The molecular formula is C13H18N4O. The maximum atomic E-state index is 5.37. The van der Waals surface area contributed by atoms with Crippen LogP contribution in [-0.4, -0.2) is 28.8 Å². The van der Waals surface area contributed by atoms with E-state index in [1.165, 1.54) is 6.33 Å². The third-order valence-corrected chi connectivity index (χ3v) is 2.83. The average molecular weight is 246 g/mol. The lowest BCUT2D eigenvalue weighted by Gasteiger charge is -2.16. The topological polar surface area (TPSA) is 62.8 Å². The molecule has 1 heterocycles. The molecular weight excluding hydrogens is 228 g/mol. The molecule has 2 rings (SSSR count). The zero-order valence-corrected chi connectivity index (χ0v) is 10.7. The first-order valence-electron chi connectivity index (χ1n) is 6.05. The second kappa shape index (κ2) is 6.16. The van der Waals surface area contributed by atoms with E-state index in [2.05, 4.69) is 33.5 Å². The Bertz CT molecular complexity index is 470. The number of para-hydroxylation sites is 1. The Morgan fingerprint density at radius 1 is 1.39 bits per heavy atom. The Labute approximate surface area is 107 Å². The van der Waals surface area contributed by atoms with E-state index in [-0.39, 0.29) is 6.04 Å². The first-order chi connectivity index (χ1) is 8.85. The van der Waals surface area contributed by atoms with Crippen LogP contribution in [0.3, 0.4) is 0 Å². The summed E-state index contributed by atoms with van der Waals surface area (Å²) in [4.78, 5) is 4.22. The van der Waals surface area contributed by atoms with Crippen molar-refractivity contribution in [1.82, 2.24) is 20.5 Å². The molecule has 2 N–H and O–H groups in total. The predicted octanol–water partition coefficient (Wildman–Crippen LogP) is 1.71. The van der Waals surface area contributed by atoms with Gasteiger partial charge in [0.1, 0.15) is 17.9 Å². The molecule has 0 bridgehead atoms. The molecule has 1 atom stereocenters. The Hall–Kier alpha value is -1.88. The summed E-state index contributed by atoms with van der Waals surface area (Å²) in [6.45, 7) is 2.95. The highest BCUT2D eigenvalue weighted by Crippen LogP contribution is 2.23. The summed E-state index contributed by atoms with van der Waals surface area (Å²) >= 11 is 0. The van der Waals surface area contributed by atoms with E-state index in [4.69, 9.17) is 4.74 Å². The predicted molar refractivity (Wildman–Crippen MR) is 69.5 cm³/mol. The average Bonchev–Trinajstić information content (AvgIpc) is 2.92. The molecule has 1 unspecified atom stereocenters. The summed E-state index contributed by atoms with van der Waals surface area (Å²) in [7, 11) is 1.69. The van der Waals surface area contributed by atoms with Crippen LogP contribution in [0.15, 0.2) is 30.6 Å². The molecule has 0 aliphatic heterocycles. The molecule has 96 valence electrons. The number of hydrogen-bond donors (Lipinski definition) is 2. The van der Waals surface area contributed by atoms with E-state index in [1.54, 1.807) is 7.11 Å². The van der Waals surface area contributed by atoms with Crippen LogP contribution in [0.1, 0.15) is 24.4 Å². The monoisotopic (exact) mass is 246 g/mol. The summed E-state index contributed by atoms with van der Waals surface area (Å²) in [5, 5.41) is 10.2. The van der Waals surface area contributed by atoms with E-state index in [0.717, 1.165) is 30.1 Å². The quantitative estimate of drug-likeness (QED) is 0.814. The van der Waals surface area contributed by atoms with Crippen molar-refractivity contribution in [3.8, 4) is 5.75 Å². The second-order valence-corrected chi connectivity index (χ2v) is 4.00. The minimum atomic E-state index is 0.119. The van der Waals surface area contributed by atoms with Crippen molar-refractivity contribution in [3.63, 3.8) is 0 Å². The molecule has 0 fully saturated rings. The lowest BCUT2D eigenvalue weighted by molar-refractivity contribution is 0.404. The molecule has 1 aromatic heterocycles. The number of aromatic amines is 1. The molecule has 0 amide bonds. The first-order valence-corrected chi connectivity index (χ1v) is 6.05. The highest BCUT2D eigenvalue weighted by Gasteiger charge is 2.15. The van der Waals surface area contributed by atoms with Crippen molar-refractivity contribution in [2.24, 2.45) is 0 Å². The fourth-order valence-corrected chi connectivity index (χ4v) is 1.99. The van der Waals surface area contributed by atoms with E-state index < -0.39 is 0 Å². The molecule has 18 heavy (non-hydrogen) atoms. The van der Waals surface area contributed by atoms with E-state index in [0.29, 0.717) is 0 Å². The molecule has 0 aliphatic rings. The number of hydrogen-bond acceptors (Lipinski definition) is 4. The number of nitrogens with zero attached hydrogens (tertiary/aromatic N) is 2. The van der Waals surface area contributed by atoms with Crippen molar-refractivity contribution < 1.29 is 4.74 Å². The second-order valence-electron chi connectivity index (χ2n) is 4.00. The minimum Gasteiger partial charge on any atom is -0.496 e. The lowest BCUT2D eigenvalue weighted by atomic mass is 10.0. The van der Waals surface area contributed by atoms with Gasteiger partial charge >= 0.3 is 0 Å². The van der Waals surface area contributed by atoms with Gasteiger partial charge in [0, 0.05) is 0 Å². The Balaban J connectivity index is 2.18. The van der Waals surface area contributed by atoms with Gasteiger partial charge in [0.25, 0.3) is 0 Å². The molecule has 1 aromatic carbocycles. The minimum absolute atomic E-state index is 0.119. The number of nitrogens with one attached hydrogen (secondary N) is 2. The van der Waals surface area contributed by atoms with Crippen molar-refractivity contribution in [2.75, 3.05) is 13.7 Å². The van der Waals surface area contributed by atoms with Crippen molar-refractivity contribution >= 4 is 0 Å². The van der Waals surface area contributed by atoms with Gasteiger partial charge in [0.15, 0.2) is 0 Å². The standard InChI is InChI=1S/C13H18N4O/c1-3-14-11(13-15-9-16-17-13)8-10-6-4-5-7-12(10)18-2/h4-7,9,11,14H,3,8H2,1-2H3,(H,15,16,17). The molecule has 0 aliphatic carbocycles.